The third-order valence-electron chi connectivity index (χ3n) is 5.11. The van der Waals surface area contributed by atoms with Crippen LogP contribution < -0.4 is 0 Å². The highest BCUT2D eigenvalue weighted by Crippen LogP contribution is 2.31. The summed E-state index contributed by atoms with van der Waals surface area (Å²) in [5, 5.41) is 1.22. The lowest BCUT2D eigenvalue weighted by molar-refractivity contribution is 0.0962. The molecule has 2 aromatic carbocycles. The minimum absolute atomic E-state index is 0.0786. The van der Waals surface area contributed by atoms with E-state index in [2.05, 4.69) is 71.2 Å². The SMILES string of the molecule is C[C@H](CC(=O)c1nccn1C)c1cn(Cc2ccccc2)c2ccccc12. The number of para-hydroxylation sites is 1. The van der Waals surface area contributed by atoms with Crippen LogP contribution in [0.2, 0.25) is 0 Å². The van der Waals surface area contributed by atoms with Crippen molar-refractivity contribution in [3.63, 3.8) is 0 Å². The number of rotatable bonds is 6. The molecule has 1 atom stereocenters. The molecule has 0 radical (unpaired) electrons. The first-order valence-electron chi connectivity index (χ1n) is 9.25. The average Bonchev–Trinajstić information content (AvgIpc) is 3.27. The van der Waals surface area contributed by atoms with Gasteiger partial charge in [-0.25, -0.2) is 4.98 Å². The minimum atomic E-state index is 0.0786. The molecule has 4 nitrogen and oxygen atoms in total. The Morgan fingerprint density at radius 1 is 1.07 bits per heavy atom. The Labute approximate surface area is 159 Å². The standard InChI is InChI=1S/C23H23N3O/c1-17(14-22(27)23-24-12-13-25(23)2)20-16-26(15-18-8-4-3-5-9-18)21-11-7-6-10-19(20)21/h3-13,16-17H,14-15H2,1-2H3/t17-/m1/s1. The topological polar surface area (TPSA) is 39.8 Å². The second-order valence-electron chi connectivity index (χ2n) is 7.11. The number of aromatic nitrogens is 3. The number of carbonyl (C=O) groups is 1. The molecule has 0 spiro atoms. The highest BCUT2D eigenvalue weighted by Gasteiger charge is 2.20. The van der Waals surface area contributed by atoms with Gasteiger partial charge in [-0.1, -0.05) is 55.5 Å². The van der Waals surface area contributed by atoms with Crippen molar-refractivity contribution in [1.82, 2.24) is 14.1 Å². The Hall–Kier alpha value is -3.14. The number of Topliss-reactive ketones (excluding diaryl/α,β-unsaturated/α-hetero) is 1. The lowest BCUT2D eigenvalue weighted by atomic mass is 9.95. The van der Waals surface area contributed by atoms with Crippen LogP contribution in [0.1, 0.15) is 41.0 Å². The van der Waals surface area contributed by atoms with Crippen LogP contribution in [0.4, 0.5) is 0 Å². The quantitative estimate of drug-likeness (QED) is 0.465. The summed E-state index contributed by atoms with van der Waals surface area (Å²) in [4.78, 5) is 16.8. The summed E-state index contributed by atoms with van der Waals surface area (Å²) in [7, 11) is 1.86. The highest BCUT2D eigenvalue weighted by molar-refractivity contribution is 5.94. The van der Waals surface area contributed by atoms with Gasteiger partial charge >= 0.3 is 0 Å². The van der Waals surface area contributed by atoms with E-state index in [4.69, 9.17) is 0 Å². The Bertz CT molecular complexity index is 1080. The van der Waals surface area contributed by atoms with Crippen molar-refractivity contribution in [1.29, 1.82) is 0 Å². The second kappa shape index (κ2) is 7.23. The fourth-order valence-corrected chi connectivity index (χ4v) is 3.69. The Morgan fingerprint density at radius 2 is 1.81 bits per heavy atom. The molecule has 0 unspecified atom stereocenters. The predicted octanol–water partition coefficient (Wildman–Crippen LogP) is 4.80. The average molecular weight is 357 g/mol. The number of fused-ring (bicyclic) bond motifs is 1. The first kappa shape index (κ1) is 17.3. The van der Waals surface area contributed by atoms with E-state index in [-0.39, 0.29) is 11.7 Å². The zero-order chi connectivity index (χ0) is 18.8. The summed E-state index contributed by atoms with van der Waals surface area (Å²) < 4.78 is 4.06. The van der Waals surface area contributed by atoms with Crippen LogP contribution in [0, 0.1) is 0 Å². The van der Waals surface area contributed by atoms with Gasteiger partial charge in [0, 0.05) is 49.5 Å². The van der Waals surface area contributed by atoms with Crippen LogP contribution >= 0.6 is 0 Å². The van der Waals surface area contributed by atoms with Crippen LogP contribution in [0.3, 0.4) is 0 Å². The number of imidazole rings is 1. The lowest BCUT2D eigenvalue weighted by Gasteiger charge is -2.10. The van der Waals surface area contributed by atoms with Gasteiger partial charge in [0.2, 0.25) is 0 Å². The molecule has 4 rings (SSSR count). The van der Waals surface area contributed by atoms with E-state index in [1.807, 2.05) is 19.3 Å². The summed E-state index contributed by atoms with van der Waals surface area (Å²) in [6.45, 7) is 2.94. The molecular weight excluding hydrogens is 334 g/mol. The number of hydrogen-bond donors (Lipinski definition) is 0. The van der Waals surface area contributed by atoms with Gasteiger partial charge in [0.05, 0.1) is 0 Å². The molecule has 0 aliphatic heterocycles. The normalized spacial score (nSPS) is 12.4. The third-order valence-corrected chi connectivity index (χ3v) is 5.11. The van der Waals surface area contributed by atoms with Crippen molar-refractivity contribution in [2.24, 2.45) is 7.05 Å². The lowest BCUT2D eigenvalue weighted by Crippen LogP contribution is -2.10. The molecule has 0 saturated carbocycles. The molecule has 0 bridgehead atoms. The van der Waals surface area contributed by atoms with Gasteiger partial charge in [0.1, 0.15) is 0 Å². The van der Waals surface area contributed by atoms with Gasteiger partial charge in [0.25, 0.3) is 0 Å². The zero-order valence-electron chi connectivity index (χ0n) is 15.7. The van der Waals surface area contributed by atoms with Crippen LogP contribution in [0.25, 0.3) is 10.9 Å². The number of ketones is 1. The number of aryl methyl sites for hydroxylation is 1. The van der Waals surface area contributed by atoms with Gasteiger partial charge in [-0.05, 0) is 23.1 Å². The highest BCUT2D eigenvalue weighted by atomic mass is 16.1. The number of benzene rings is 2. The molecule has 136 valence electrons. The monoisotopic (exact) mass is 357 g/mol. The minimum Gasteiger partial charge on any atom is -0.343 e. The first-order valence-corrected chi connectivity index (χ1v) is 9.25. The molecular formula is C23H23N3O. The van der Waals surface area contributed by atoms with E-state index < -0.39 is 0 Å². The van der Waals surface area contributed by atoms with Crippen molar-refractivity contribution >= 4 is 16.7 Å². The van der Waals surface area contributed by atoms with E-state index >= 15 is 0 Å². The maximum atomic E-state index is 12.7. The van der Waals surface area contributed by atoms with E-state index in [0.717, 1.165) is 6.54 Å². The van der Waals surface area contributed by atoms with Crippen molar-refractivity contribution < 1.29 is 4.79 Å². The summed E-state index contributed by atoms with van der Waals surface area (Å²) in [6.07, 6.45) is 6.13. The molecule has 0 aliphatic rings. The molecule has 27 heavy (non-hydrogen) atoms. The maximum Gasteiger partial charge on any atom is 0.198 e. The van der Waals surface area contributed by atoms with Crippen LogP contribution in [0.5, 0.6) is 0 Å². The summed E-state index contributed by atoms with van der Waals surface area (Å²) in [5.41, 5.74) is 3.68. The Balaban J connectivity index is 1.65. The van der Waals surface area contributed by atoms with E-state index in [1.54, 1.807) is 10.8 Å². The van der Waals surface area contributed by atoms with E-state index in [9.17, 15) is 4.79 Å². The molecule has 0 aliphatic carbocycles. The molecule has 2 heterocycles. The molecule has 0 saturated heterocycles. The van der Waals surface area contributed by atoms with E-state index in [0.29, 0.717) is 12.2 Å². The number of carbonyl (C=O) groups excluding carboxylic acids is 1. The summed E-state index contributed by atoms with van der Waals surface area (Å²) in [6, 6.07) is 18.9. The van der Waals surface area contributed by atoms with E-state index in [1.165, 1.54) is 22.0 Å². The third kappa shape index (κ3) is 3.43. The first-order chi connectivity index (χ1) is 13.1. The largest absolute Gasteiger partial charge is 0.343 e. The fraction of sp³-hybridized carbons (Fsp3) is 0.217. The maximum absolute atomic E-state index is 12.7. The van der Waals surface area contributed by atoms with Crippen LogP contribution in [-0.4, -0.2) is 19.9 Å². The molecule has 0 N–H and O–H groups in total. The van der Waals surface area contributed by atoms with Crippen LogP contribution in [0.15, 0.2) is 73.2 Å². The van der Waals surface area contributed by atoms with Gasteiger partial charge < -0.3 is 9.13 Å². The van der Waals surface area contributed by atoms with Crippen molar-refractivity contribution in [2.45, 2.75) is 25.8 Å². The van der Waals surface area contributed by atoms with Gasteiger partial charge in [0.15, 0.2) is 11.6 Å². The van der Waals surface area contributed by atoms with Crippen molar-refractivity contribution in [3.8, 4) is 0 Å². The fourth-order valence-electron chi connectivity index (χ4n) is 3.69. The number of hydrogen-bond acceptors (Lipinski definition) is 2. The second-order valence-corrected chi connectivity index (χ2v) is 7.11. The summed E-state index contributed by atoms with van der Waals surface area (Å²) >= 11 is 0. The smallest absolute Gasteiger partial charge is 0.198 e. The van der Waals surface area contributed by atoms with Gasteiger partial charge in [-0.3, -0.25) is 4.79 Å². The van der Waals surface area contributed by atoms with Crippen molar-refractivity contribution in [2.75, 3.05) is 0 Å². The molecule has 4 aromatic rings. The van der Waals surface area contributed by atoms with Crippen LogP contribution in [-0.2, 0) is 13.6 Å². The number of nitrogens with zero attached hydrogens (tertiary/aromatic N) is 3. The molecule has 0 amide bonds. The zero-order valence-corrected chi connectivity index (χ0v) is 15.7. The molecule has 0 fully saturated rings. The summed E-state index contributed by atoms with van der Waals surface area (Å²) in [5.74, 6) is 0.723. The van der Waals surface area contributed by atoms with Crippen molar-refractivity contribution in [3.05, 3.63) is 90.1 Å². The Morgan fingerprint density at radius 3 is 2.56 bits per heavy atom. The molecule has 4 heteroatoms. The van der Waals surface area contributed by atoms with Gasteiger partial charge in [-0.15, -0.1) is 0 Å². The predicted molar refractivity (Wildman–Crippen MR) is 108 cm³/mol. The Kier molecular flexibility index (Phi) is 4.63. The molecule has 2 aromatic heterocycles. The van der Waals surface area contributed by atoms with Gasteiger partial charge in [-0.2, -0.15) is 0 Å².